The Bertz CT molecular complexity index is 655. The third kappa shape index (κ3) is 9.65. The van der Waals surface area contributed by atoms with Crippen molar-refractivity contribution < 1.29 is 22.6 Å². The first kappa shape index (κ1) is 26.7. The molecule has 2 rings (SSSR count). The average Bonchev–Trinajstić information content (AvgIpc) is 2.69. The Balaban J connectivity index is 0.00000450. The molecule has 0 spiro atoms. The van der Waals surface area contributed by atoms with Crippen LogP contribution in [-0.2, 0) is 11.3 Å². The maximum Gasteiger partial charge on any atom is 0.422 e. The maximum atomic E-state index is 12.3. The largest absolute Gasteiger partial charge is 0.468 e. The van der Waals surface area contributed by atoms with Crippen molar-refractivity contribution in [2.45, 2.75) is 32.6 Å². The van der Waals surface area contributed by atoms with E-state index in [1.165, 1.54) is 12.3 Å². The Hall–Kier alpha value is -1.34. The Morgan fingerprint density at radius 3 is 2.60 bits per heavy atom. The zero-order valence-electron chi connectivity index (χ0n) is 17.5. The van der Waals surface area contributed by atoms with Crippen LogP contribution in [0.1, 0.15) is 19.4 Å². The minimum Gasteiger partial charge on any atom is -0.468 e. The molecular formula is C19H31F3IN5O2. The number of aliphatic imine (C=N–C) groups is 1. The molecule has 1 unspecified atom stereocenters. The van der Waals surface area contributed by atoms with Crippen LogP contribution in [0.5, 0.6) is 5.88 Å². The molecule has 7 nitrogen and oxygen atoms in total. The lowest BCUT2D eigenvalue weighted by Crippen LogP contribution is -2.52. The van der Waals surface area contributed by atoms with E-state index < -0.39 is 12.8 Å². The molecule has 0 aliphatic carbocycles. The van der Waals surface area contributed by atoms with Gasteiger partial charge in [-0.05, 0) is 17.5 Å². The maximum absolute atomic E-state index is 12.3. The van der Waals surface area contributed by atoms with Crippen LogP contribution in [0.15, 0.2) is 23.3 Å². The summed E-state index contributed by atoms with van der Waals surface area (Å²) in [7, 11) is 1.68. The standard InChI is InChI=1S/C19H30F3N5O2.HI/c1-14(2)16(27-6-8-28-9-7-27)12-26-18(23-3)25-11-15-4-5-24-17(10-15)29-13-19(20,21)22;/h4-5,10,14,16H,6-9,11-13H2,1-3H3,(H2,23,25,26);1H. The average molecular weight is 545 g/mol. The van der Waals surface area contributed by atoms with Gasteiger partial charge in [0.15, 0.2) is 12.6 Å². The normalized spacial score (nSPS) is 16.7. The van der Waals surface area contributed by atoms with E-state index in [9.17, 15) is 13.2 Å². The van der Waals surface area contributed by atoms with E-state index in [2.05, 4.69) is 39.4 Å². The van der Waals surface area contributed by atoms with Gasteiger partial charge in [0.1, 0.15) is 0 Å². The van der Waals surface area contributed by atoms with Crippen LogP contribution < -0.4 is 15.4 Å². The molecule has 0 aromatic carbocycles. The molecule has 1 aromatic rings. The van der Waals surface area contributed by atoms with Crippen LogP contribution in [0.2, 0.25) is 0 Å². The summed E-state index contributed by atoms with van der Waals surface area (Å²) in [5.74, 6) is 1.03. The van der Waals surface area contributed by atoms with E-state index in [0.717, 1.165) is 38.4 Å². The number of ether oxygens (including phenoxy) is 2. The van der Waals surface area contributed by atoms with Gasteiger partial charge in [0.2, 0.25) is 5.88 Å². The van der Waals surface area contributed by atoms with Gasteiger partial charge >= 0.3 is 6.18 Å². The molecule has 2 N–H and O–H groups in total. The number of hydrogen-bond donors (Lipinski definition) is 2. The molecular weight excluding hydrogens is 514 g/mol. The molecule has 0 radical (unpaired) electrons. The number of guanidine groups is 1. The number of rotatable bonds is 8. The number of nitrogens with one attached hydrogen (secondary N) is 2. The summed E-state index contributed by atoms with van der Waals surface area (Å²) in [5, 5.41) is 6.51. The third-order valence-corrected chi connectivity index (χ3v) is 4.63. The van der Waals surface area contributed by atoms with Gasteiger partial charge in [0.25, 0.3) is 0 Å². The number of alkyl halides is 3. The fourth-order valence-corrected chi connectivity index (χ4v) is 3.10. The molecule has 1 atom stereocenters. The van der Waals surface area contributed by atoms with Crippen LogP contribution >= 0.6 is 24.0 Å². The quantitative estimate of drug-likeness (QED) is 0.298. The lowest BCUT2D eigenvalue weighted by Gasteiger charge is -2.37. The van der Waals surface area contributed by atoms with Crippen LogP contribution in [0.25, 0.3) is 0 Å². The van der Waals surface area contributed by atoms with Gasteiger partial charge < -0.3 is 20.1 Å². The molecule has 1 aromatic heterocycles. The van der Waals surface area contributed by atoms with E-state index >= 15 is 0 Å². The second kappa shape index (κ2) is 13.2. The molecule has 0 amide bonds. The first-order valence-electron chi connectivity index (χ1n) is 9.69. The fourth-order valence-electron chi connectivity index (χ4n) is 3.10. The second-order valence-electron chi connectivity index (χ2n) is 7.17. The van der Waals surface area contributed by atoms with Crippen molar-refractivity contribution in [3.8, 4) is 5.88 Å². The lowest BCUT2D eigenvalue weighted by atomic mass is 10.0. The van der Waals surface area contributed by atoms with Crippen LogP contribution in [0.3, 0.4) is 0 Å². The summed E-state index contributed by atoms with van der Waals surface area (Å²) in [4.78, 5) is 10.5. The number of morpholine rings is 1. The van der Waals surface area contributed by atoms with E-state index in [0.29, 0.717) is 24.5 Å². The Morgan fingerprint density at radius 2 is 2.00 bits per heavy atom. The number of hydrogen-bond acceptors (Lipinski definition) is 5. The summed E-state index contributed by atoms with van der Waals surface area (Å²) in [6, 6.07) is 3.54. The summed E-state index contributed by atoms with van der Waals surface area (Å²) in [6.07, 6.45) is -2.97. The Morgan fingerprint density at radius 1 is 1.30 bits per heavy atom. The van der Waals surface area contributed by atoms with E-state index in [1.54, 1.807) is 13.1 Å². The van der Waals surface area contributed by atoms with Crippen molar-refractivity contribution in [2.75, 3.05) is 46.5 Å². The number of halogens is 4. The van der Waals surface area contributed by atoms with Crippen molar-refractivity contribution in [3.63, 3.8) is 0 Å². The molecule has 0 saturated carbocycles. The van der Waals surface area contributed by atoms with Gasteiger partial charge in [0, 0.05) is 51.5 Å². The van der Waals surface area contributed by atoms with Crippen molar-refractivity contribution >= 4 is 29.9 Å². The van der Waals surface area contributed by atoms with Crippen molar-refractivity contribution in [3.05, 3.63) is 23.9 Å². The SMILES string of the molecule is CN=C(NCc1ccnc(OCC(F)(F)F)c1)NCC(C(C)C)N1CCOCC1.I. The van der Waals surface area contributed by atoms with Crippen LogP contribution in [-0.4, -0.2) is 74.6 Å². The highest BCUT2D eigenvalue weighted by Crippen LogP contribution is 2.17. The van der Waals surface area contributed by atoms with Gasteiger partial charge in [0.05, 0.1) is 13.2 Å². The number of aromatic nitrogens is 1. The molecule has 1 aliphatic heterocycles. The van der Waals surface area contributed by atoms with Gasteiger partial charge in [-0.2, -0.15) is 13.2 Å². The third-order valence-electron chi connectivity index (χ3n) is 4.63. The topological polar surface area (TPSA) is 71.0 Å². The first-order chi connectivity index (χ1) is 13.8. The van der Waals surface area contributed by atoms with Crippen molar-refractivity contribution in [2.24, 2.45) is 10.9 Å². The predicted molar refractivity (Wildman–Crippen MR) is 120 cm³/mol. The number of nitrogens with zero attached hydrogens (tertiary/aromatic N) is 3. The highest BCUT2D eigenvalue weighted by atomic mass is 127. The smallest absolute Gasteiger partial charge is 0.422 e. The minimum absolute atomic E-state index is 0. The molecule has 1 saturated heterocycles. The summed E-state index contributed by atoms with van der Waals surface area (Å²) < 4.78 is 47.0. The monoisotopic (exact) mass is 545 g/mol. The van der Waals surface area contributed by atoms with Gasteiger partial charge in [-0.15, -0.1) is 24.0 Å². The van der Waals surface area contributed by atoms with E-state index in [1.807, 2.05) is 0 Å². The lowest BCUT2D eigenvalue weighted by molar-refractivity contribution is -0.154. The highest BCUT2D eigenvalue weighted by molar-refractivity contribution is 14.0. The molecule has 30 heavy (non-hydrogen) atoms. The predicted octanol–water partition coefficient (Wildman–Crippen LogP) is 2.66. The molecule has 1 aliphatic rings. The summed E-state index contributed by atoms with van der Waals surface area (Å²) >= 11 is 0. The van der Waals surface area contributed by atoms with Crippen molar-refractivity contribution in [1.82, 2.24) is 20.5 Å². The van der Waals surface area contributed by atoms with E-state index in [4.69, 9.17) is 9.47 Å². The molecule has 172 valence electrons. The molecule has 0 bridgehead atoms. The van der Waals surface area contributed by atoms with Gasteiger partial charge in [-0.3, -0.25) is 9.89 Å². The molecule has 2 heterocycles. The zero-order valence-corrected chi connectivity index (χ0v) is 19.9. The highest BCUT2D eigenvalue weighted by Gasteiger charge is 2.28. The Kier molecular flexibility index (Phi) is 11.7. The number of pyridine rings is 1. The van der Waals surface area contributed by atoms with Gasteiger partial charge in [-0.1, -0.05) is 13.8 Å². The van der Waals surface area contributed by atoms with Crippen LogP contribution in [0.4, 0.5) is 13.2 Å². The van der Waals surface area contributed by atoms with Crippen molar-refractivity contribution in [1.29, 1.82) is 0 Å². The second-order valence-corrected chi connectivity index (χ2v) is 7.17. The van der Waals surface area contributed by atoms with E-state index in [-0.39, 0.29) is 29.9 Å². The zero-order chi connectivity index (χ0) is 21.3. The summed E-state index contributed by atoms with van der Waals surface area (Å²) in [5.41, 5.74) is 0.744. The minimum atomic E-state index is -4.39. The fraction of sp³-hybridized carbons (Fsp3) is 0.684. The first-order valence-corrected chi connectivity index (χ1v) is 9.69. The van der Waals surface area contributed by atoms with Crippen LogP contribution in [0, 0.1) is 5.92 Å². The van der Waals surface area contributed by atoms with Gasteiger partial charge in [-0.25, -0.2) is 4.98 Å². The molecule has 1 fully saturated rings. The Labute approximate surface area is 192 Å². The molecule has 11 heteroatoms. The summed E-state index contributed by atoms with van der Waals surface area (Å²) in [6.45, 7) is 7.45.